The normalized spacial score (nSPS) is 21.6. The van der Waals surface area contributed by atoms with Gasteiger partial charge in [-0.3, -0.25) is 9.59 Å². The van der Waals surface area contributed by atoms with E-state index in [1.165, 1.54) is 6.08 Å². The van der Waals surface area contributed by atoms with Crippen LogP contribution in [-0.4, -0.2) is 78.7 Å². The van der Waals surface area contributed by atoms with E-state index in [1.54, 1.807) is 28.6 Å². The van der Waals surface area contributed by atoms with Gasteiger partial charge in [-0.25, -0.2) is 13.4 Å². The topological polar surface area (TPSA) is 103 Å². The second kappa shape index (κ2) is 10.5. The lowest BCUT2D eigenvalue weighted by molar-refractivity contribution is -0.117. The van der Waals surface area contributed by atoms with Crippen LogP contribution < -0.4 is 10.2 Å². The Hall–Kier alpha value is -3.24. The minimum Gasteiger partial charge on any atom is -0.353 e. The standard InChI is InChI=1S/C28H35N5O4S/c1-3-26(34)30-23-12-15-33(28(20-23)13-5-14-28)38(36,37)24-10-8-22(9-11-24)27(35)32-18-16-31(17-19-32)25-7-4-6-21(2)29-25/h3-4,6-11,23H,1,5,12-20H2,2H3,(H,30,34). The Morgan fingerprint density at radius 3 is 2.37 bits per heavy atom. The van der Waals surface area contributed by atoms with Crippen LogP contribution in [0.4, 0.5) is 5.82 Å². The van der Waals surface area contributed by atoms with Gasteiger partial charge in [-0.2, -0.15) is 4.31 Å². The molecule has 0 bridgehead atoms. The van der Waals surface area contributed by atoms with Gasteiger partial charge in [0.2, 0.25) is 15.9 Å². The van der Waals surface area contributed by atoms with Crippen molar-refractivity contribution >= 4 is 27.7 Å². The van der Waals surface area contributed by atoms with Crippen LogP contribution in [-0.2, 0) is 14.8 Å². The molecule has 3 heterocycles. The molecule has 2 saturated heterocycles. The van der Waals surface area contributed by atoms with Gasteiger partial charge in [-0.15, -0.1) is 0 Å². The van der Waals surface area contributed by atoms with Crippen molar-refractivity contribution in [1.29, 1.82) is 0 Å². The van der Waals surface area contributed by atoms with Crippen LogP contribution in [0.15, 0.2) is 60.0 Å². The second-order valence-electron chi connectivity index (χ2n) is 10.5. The molecular formula is C28H35N5O4S. The number of nitrogens with one attached hydrogen (secondary N) is 1. The average molecular weight is 538 g/mol. The zero-order valence-electron chi connectivity index (χ0n) is 21.8. The smallest absolute Gasteiger partial charge is 0.253 e. The summed E-state index contributed by atoms with van der Waals surface area (Å²) in [6, 6.07) is 12.2. The molecule has 2 aromatic rings. The number of amides is 2. The maximum atomic E-state index is 13.7. The van der Waals surface area contributed by atoms with Crippen LogP contribution in [0.3, 0.4) is 0 Å². The number of rotatable bonds is 6. The number of hydrogen-bond acceptors (Lipinski definition) is 6. The van der Waals surface area contributed by atoms with Gasteiger partial charge in [-0.05, 0) is 81.5 Å². The predicted octanol–water partition coefficient (Wildman–Crippen LogP) is 2.73. The van der Waals surface area contributed by atoms with E-state index < -0.39 is 15.6 Å². The third-order valence-corrected chi connectivity index (χ3v) is 10.1. The van der Waals surface area contributed by atoms with Crippen LogP contribution in [0.25, 0.3) is 0 Å². The minimum absolute atomic E-state index is 0.0607. The Labute approximate surface area is 224 Å². The number of aromatic nitrogens is 1. The fourth-order valence-electron chi connectivity index (χ4n) is 5.89. The summed E-state index contributed by atoms with van der Waals surface area (Å²) < 4.78 is 29.0. The summed E-state index contributed by atoms with van der Waals surface area (Å²) in [5.74, 6) is 0.595. The molecule has 1 aromatic heterocycles. The average Bonchev–Trinajstić information content (AvgIpc) is 2.91. The first-order chi connectivity index (χ1) is 18.2. The number of piperazine rings is 1. The molecule has 5 rings (SSSR count). The molecule has 2 aliphatic heterocycles. The second-order valence-corrected chi connectivity index (χ2v) is 12.4. The van der Waals surface area contributed by atoms with E-state index in [0.29, 0.717) is 51.1 Å². The summed E-state index contributed by atoms with van der Waals surface area (Å²) in [5.41, 5.74) is 0.981. The zero-order chi connectivity index (χ0) is 26.9. The SMILES string of the molecule is C=CC(=O)NC1CCN(S(=O)(=O)c2ccc(C(=O)N3CCN(c4cccc(C)n4)CC3)cc2)C2(CCC2)C1. The molecule has 38 heavy (non-hydrogen) atoms. The molecule has 2 amide bonds. The molecule has 9 nitrogen and oxygen atoms in total. The fraction of sp³-hybridized carbons (Fsp3) is 0.464. The molecule has 1 saturated carbocycles. The van der Waals surface area contributed by atoms with Crippen molar-refractivity contribution in [3.63, 3.8) is 0 Å². The summed E-state index contributed by atoms with van der Waals surface area (Å²) in [4.78, 5) is 33.7. The van der Waals surface area contributed by atoms with Crippen LogP contribution in [0.2, 0.25) is 0 Å². The van der Waals surface area contributed by atoms with Gasteiger partial charge in [0.25, 0.3) is 5.91 Å². The third kappa shape index (κ3) is 5.07. The van der Waals surface area contributed by atoms with E-state index in [0.717, 1.165) is 30.8 Å². The summed E-state index contributed by atoms with van der Waals surface area (Å²) in [7, 11) is -3.73. The zero-order valence-corrected chi connectivity index (χ0v) is 22.6. The van der Waals surface area contributed by atoms with Gasteiger partial charge < -0.3 is 15.1 Å². The van der Waals surface area contributed by atoms with Crippen molar-refractivity contribution < 1.29 is 18.0 Å². The maximum Gasteiger partial charge on any atom is 0.253 e. The maximum absolute atomic E-state index is 13.7. The lowest BCUT2D eigenvalue weighted by Gasteiger charge is -2.54. The molecule has 1 spiro atoms. The molecule has 1 atom stereocenters. The monoisotopic (exact) mass is 537 g/mol. The number of anilines is 1. The van der Waals surface area contributed by atoms with E-state index in [2.05, 4.69) is 21.8 Å². The summed E-state index contributed by atoms with van der Waals surface area (Å²) >= 11 is 0. The fourth-order valence-corrected chi connectivity index (χ4v) is 7.74. The number of carbonyl (C=O) groups excluding carboxylic acids is 2. The van der Waals surface area contributed by atoms with E-state index in [1.807, 2.05) is 30.0 Å². The Morgan fingerprint density at radius 2 is 1.76 bits per heavy atom. The van der Waals surface area contributed by atoms with E-state index >= 15 is 0 Å². The van der Waals surface area contributed by atoms with Crippen molar-refractivity contribution in [1.82, 2.24) is 19.5 Å². The first kappa shape index (κ1) is 26.4. The highest BCUT2D eigenvalue weighted by Crippen LogP contribution is 2.47. The van der Waals surface area contributed by atoms with Gasteiger partial charge in [-0.1, -0.05) is 12.6 Å². The summed E-state index contributed by atoms with van der Waals surface area (Å²) in [5, 5.41) is 2.94. The van der Waals surface area contributed by atoms with Crippen LogP contribution in [0.1, 0.15) is 48.2 Å². The van der Waals surface area contributed by atoms with Crippen molar-refractivity contribution in [3.05, 3.63) is 66.4 Å². The number of carbonyl (C=O) groups is 2. The number of benzene rings is 1. The largest absolute Gasteiger partial charge is 0.353 e. The quantitative estimate of drug-likeness (QED) is 0.569. The molecule has 1 unspecified atom stereocenters. The van der Waals surface area contributed by atoms with E-state index in [9.17, 15) is 18.0 Å². The van der Waals surface area contributed by atoms with Crippen molar-refractivity contribution in [2.24, 2.45) is 0 Å². The number of sulfonamides is 1. The van der Waals surface area contributed by atoms with Gasteiger partial charge in [0, 0.05) is 55.6 Å². The highest BCUT2D eigenvalue weighted by molar-refractivity contribution is 7.89. The number of pyridine rings is 1. The van der Waals surface area contributed by atoms with Crippen molar-refractivity contribution in [3.8, 4) is 0 Å². The molecule has 1 aliphatic carbocycles. The number of piperidine rings is 1. The lowest BCUT2D eigenvalue weighted by Crippen LogP contribution is -2.63. The van der Waals surface area contributed by atoms with E-state index in [4.69, 9.17) is 0 Å². The number of nitrogens with zero attached hydrogens (tertiary/aromatic N) is 4. The Bertz CT molecular complexity index is 1320. The Morgan fingerprint density at radius 1 is 1.05 bits per heavy atom. The summed E-state index contributed by atoms with van der Waals surface area (Å²) in [6.45, 7) is 8.37. The molecule has 1 N–H and O–H groups in total. The first-order valence-electron chi connectivity index (χ1n) is 13.3. The van der Waals surface area contributed by atoms with Crippen molar-refractivity contribution in [2.75, 3.05) is 37.6 Å². The van der Waals surface area contributed by atoms with Crippen LogP contribution >= 0.6 is 0 Å². The van der Waals surface area contributed by atoms with Gasteiger partial charge >= 0.3 is 0 Å². The molecule has 3 aliphatic rings. The third-order valence-electron chi connectivity index (χ3n) is 8.11. The van der Waals surface area contributed by atoms with Crippen LogP contribution in [0.5, 0.6) is 0 Å². The predicted molar refractivity (Wildman–Crippen MR) is 145 cm³/mol. The summed E-state index contributed by atoms with van der Waals surface area (Å²) in [6.07, 6.45) is 4.95. The molecular weight excluding hydrogens is 502 g/mol. The highest BCUT2D eigenvalue weighted by atomic mass is 32.2. The number of aryl methyl sites for hydroxylation is 1. The highest BCUT2D eigenvalue weighted by Gasteiger charge is 2.51. The molecule has 1 aromatic carbocycles. The Kier molecular flexibility index (Phi) is 7.28. The minimum atomic E-state index is -3.73. The van der Waals surface area contributed by atoms with Gasteiger partial charge in [0.15, 0.2) is 0 Å². The molecule has 202 valence electrons. The molecule has 0 radical (unpaired) electrons. The van der Waals surface area contributed by atoms with Crippen molar-refractivity contribution in [2.45, 2.75) is 55.5 Å². The lowest BCUT2D eigenvalue weighted by atomic mass is 9.70. The Balaban J connectivity index is 1.24. The van der Waals surface area contributed by atoms with Gasteiger partial charge in [0.05, 0.1) is 4.90 Å². The number of hydrogen-bond donors (Lipinski definition) is 1. The molecule has 3 fully saturated rings. The molecule has 10 heteroatoms. The van der Waals surface area contributed by atoms with E-state index in [-0.39, 0.29) is 22.8 Å². The van der Waals surface area contributed by atoms with Crippen LogP contribution in [0, 0.1) is 6.92 Å². The first-order valence-corrected chi connectivity index (χ1v) is 14.7. The van der Waals surface area contributed by atoms with Gasteiger partial charge in [0.1, 0.15) is 5.82 Å².